The second-order valence-corrected chi connectivity index (χ2v) is 5.20. The number of carbonyl (C=O) groups is 1. The maximum absolute atomic E-state index is 14.0. The molecule has 1 amide bonds. The number of halogens is 1. The standard InChI is InChI=1S/C14H19FN2O3/c1-9-6-10(16)7-11(12(9)15)13(19)17-14(8-18)2-4-20-5-3-14/h6-7,18H,2-5,8,16H2,1H3,(H,17,19). The average molecular weight is 282 g/mol. The van der Waals surface area contributed by atoms with Gasteiger partial charge >= 0.3 is 0 Å². The van der Waals surface area contributed by atoms with Crippen LogP contribution in [0.25, 0.3) is 0 Å². The lowest BCUT2D eigenvalue weighted by atomic mass is 9.90. The lowest BCUT2D eigenvalue weighted by Gasteiger charge is -2.36. The fraction of sp³-hybridized carbons (Fsp3) is 0.500. The molecule has 0 unspecified atom stereocenters. The van der Waals surface area contributed by atoms with Crippen molar-refractivity contribution in [3.05, 3.63) is 29.1 Å². The fourth-order valence-electron chi connectivity index (χ4n) is 2.36. The van der Waals surface area contributed by atoms with E-state index in [1.165, 1.54) is 12.1 Å². The fourth-order valence-corrected chi connectivity index (χ4v) is 2.36. The molecule has 1 aromatic carbocycles. The van der Waals surface area contributed by atoms with E-state index in [0.29, 0.717) is 37.3 Å². The molecule has 1 heterocycles. The first-order valence-corrected chi connectivity index (χ1v) is 6.54. The molecule has 1 fully saturated rings. The summed E-state index contributed by atoms with van der Waals surface area (Å²) in [5.74, 6) is -1.15. The van der Waals surface area contributed by atoms with Crippen molar-refractivity contribution in [2.45, 2.75) is 25.3 Å². The molecule has 1 aliphatic heterocycles. The zero-order chi connectivity index (χ0) is 14.8. The van der Waals surface area contributed by atoms with Crippen LogP contribution in [0.2, 0.25) is 0 Å². The van der Waals surface area contributed by atoms with Crippen LogP contribution in [0, 0.1) is 12.7 Å². The van der Waals surface area contributed by atoms with Crippen LogP contribution < -0.4 is 11.1 Å². The van der Waals surface area contributed by atoms with Gasteiger partial charge in [0.15, 0.2) is 0 Å². The van der Waals surface area contributed by atoms with Crippen molar-refractivity contribution in [1.82, 2.24) is 5.32 Å². The number of aliphatic hydroxyl groups excluding tert-OH is 1. The monoisotopic (exact) mass is 282 g/mol. The Bertz CT molecular complexity index is 513. The Morgan fingerprint density at radius 2 is 2.15 bits per heavy atom. The van der Waals surface area contributed by atoms with Gasteiger partial charge in [-0.25, -0.2) is 4.39 Å². The van der Waals surface area contributed by atoms with Crippen LogP contribution in [0.5, 0.6) is 0 Å². The van der Waals surface area contributed by atoms with Crippen molar-refractivity contribution in [3.8, 4) is 0 Å². The van der Waals surface area contributed by atoms with Gasteiger partial charge in [-0.15, -0.1) is 0 Å². The van der Waals surface area contributed by atoms with Crippen molar-refractivity contribution in [2.24, 2.45) is 0 Å². The zero-order valence-electron chi connectivity index (χ0n) is 11.4. The van der Waals surface area contributed by atoms with Crippen LogP contribution in [-0.2, 0) is 4.74 Å². The molecule has 1 aliphatic rings. The Labute approximate surface area is 116 Å². The van der Waals surface area contributed by atoms with Gasteiger partial charge in [0, 0.05) is 18.9 Å². The summed E-state index contributed by atoms with van der Waals surface area (Å²) in [6, 6.07) is 2.78. The molecule has 0 spiro atoms. The van der Waals surface area contributed by atoms with Crippen molar-refractivity contribution < 1.29 is 19.0 Å². The minimum absolute atomic E-state index is 0.0955. The van der Waals surface area contributed by atoms with Gasteiger partial charge < -0.3 is 20.9 Å². The normalized spacial score (nSPS) is 17.8. The molecular formula is C14H19FN2O3. The largest absolute Gasteiger partial charge is 0.399 e. The number of nitrogen functional groups attached to an aromatic ring is 1. The van der Waals surface area contributed by atoms with Gasteiger partial charge in [-0.2, -0.15) is 0 Å². The Morgan fingerprint density at radius 3 is 2.75 bits per heavy atom. The molecule has 2 rings (SSSR count). The third-order valence-electron chi connectivity index (χ3n) is 3.65. The summed E-state index contributed by atoms with van der Waals surface area (Å²) in [5, 5.41) is 12.3. The molecule has 0 saturated carbocycles. The van der Waals surface area contributed by atoms with Crippen LogP contribution in [-0.4, -0.2) is 36.4 Å². The summed E-state index contributed by atoms with van der Waals surface area (Å²) < 4.78 is 19.2. The molecule has 4 N–H and O–H groups in total. The smallest absolute Gasteiger partial charge is 0.254 e. The van der Waals surface area contributed by atoms with Crippen molar-refractivity contribution >= 4 is 11.6 Å². The second-order valence-electron chi connectivity index (χ2n) is 5.20. The van der Waals surface area contributed by atoms with E-state index in [9.17, 15) is 14.3 Å². The quantitative estimate of drug-likeness (QED) is 0.722. The minimum atomic E-state index is -0.750. The number of nitrogens with one attached hydrogen (secondary N) is 1. The van der Waals surface area contributed by atoms with Gasteiger partial charge in [-0.05, 0) is 37.5 Å². The van der Waals surface area contributed by atoms with E-state index in [4.69, 9.17) is 10.5 Å². The number of hydrogen-bond acceptors (Lipinski definition) is 4. The highest BCUT2D eigenvalue weighted by molar-refractivity contribution is 5.96. The molecule has 0 aromatic heterocycles. The van der Waals surface area contributed by atoms with Crippen LogP contribution in [0.4, 0.5) is 10.1 Å². The Balaban J connectivity index is 2.23. The van der Waals surface area contributed by atoms with Gasteiger partial charge in [0.25, 0.3) is 5.91 Å². The number of nitrogens with two attached hydrogens (primary N) is 1. The molecule has 5 nitrogen and oxygen atoms in total. The number of aliphatic hydroxyl groups is 1. The number of ether oxygens (including phenoxy) is 1. The summed E-state index contributed by atoms with van der Waals surface area (Å²) in [7, 11) is 0. The molecular weight excluding hydrogens is 263 g/mol. The SMILES string of the molecule is Cc1cc(N)cc(C(=O)NC2(CO)CCOCC2)c1F. The van der Waals surface area contributed by atoms with E-state index in [-0.39, 0.29) is 12.2 Å². The van der Waals surface area contributed by atoms with Gasteiger partial charge in [0.1, 0.15) is 5.82 Å². The first-order valence-electron chi connectivity index (χ1n) is 6.54. The molecule has 6 heteroatoms. The number of amides is 1. The maximum atomic E-state index is 14.0. The van der Waals surface area contributed by atoms with Gasteiger partial charge in [-0.3, -0.25) is 4.79 Å². The number of anilines is 1. The van der Waals surface area contributed by atoms with E-state index in [1.807, 2.05) is 0 Å². The Hall–Kier alpha value is -1.66. The summed E-state index contributed by atoms with van der Waals surface area (Å²) in [5.41, 5.74) is 5.46. The molecule has 0 bridgehead atoms. The zero-order valence-corrected chi connectivity index (χ0v) is 11.4. The predicted molar refractivity (Wildman–Crippen MR) is 72.9 cm³/mol. The molecule has 1 saturated heterocycles. The number of hydrogen-bond donors (Lipinski definition) is 3. The first-order chi connectivity index (χ1) is 9.47. The Morgan fingerprint density at radius 1 is 1.50 bits per heavy atom. The highest BCUT2D eigenvalue weighted by Crippen LogP contribution is 2.22. The van der Waals surface area contributed by atoms with Crippen molar-refractivity contribution in [2.75, 3.05) is 25.6 Å². The van der Waals surface area contributed by atoms with Crippen molar-refractivity contribution in [1.29, 1.82) is 0 Å². The summed E-state index contributed by atoms with van der Waals surface area (Å²) in [6.45, 7) is 2.27. The van der Waals surface area contributed by atoms with Gasteiger partial charge in [-0.1, -0.05) is 0 Å². The third-order valence-corrected chi connectivity index (χ3v) is 3.65. The molecule has 0 radical (unpaired) electrons. The second kappa shape index (κ2) is 5.76. The predicted octanol–water partition coefficient (Wildman–Crippen LogP) is 0.988. The summed E-state index contributed by atoms with van der Waals surface area (Å²) in [6.07, 6.45) is 0.996. The van der Waals surface area contributed by atoms with Crippen molar-refractivity contribution in [3.63, 3.8) is 0 Å². The van der Waals surface area contributed by atoms with Crippen LogP contribution in [0.3, 0.4) is 0 Å². The van der Waals surface area contributed by atoms with Crippen LogP contribution in [0.15, 0.2) is 12.1 Å². The summed E-state index contributed by atoms with van der Waals surface area (Å²) >= 11 is 0. The topological polar surface area (TPSA) is 84.6 Å². The molecule has 0 atom stereocenters. The maximum Gasteiger partial charge on any atom is 0.254 e. The lowest BCUT2D eigenvalue weighted by molar-refractivity contribution is 0.0124. The van der Waals surface area contributed by atoms with Gasteiger partial charge in [0.2, 0.25) is 0 Å². The van der Waals surface area contributed by atoms with Crippen LogP contribution in [0.1, 0.15) is 28.8 Å². The van der Waals surface area contributed by atoms with Crippen LogP contribution >= 0.6 is 0 Å². The van der Waals surface area contributed by atoms with E-state index >= 15 is 0 Å². The average Bonchev–Trinajstić information content (AvgIpc) is 2.43. The van der Waals surface area contributed by atoms with Gasteiger partial charge in [0.05, 0.1) is 17.7 Å². The first kappa shape index (κ1) is 14.7. The summed E-state index contributed by atoms with van der Waals surface area (Å²) in [4.78, 5) is 12.2. The molecule has 0 aliphatic carbocycles. The molecule has 1 aromatic rings. The number of rotatable bonds is 3. The minimum Gasteiger partial charge on any atom is -0.399 e. The highest BCUT2D eigenvalue weighted by Gasteiger charge is 2.34. The molecule has 20 heavy (non-hydrogen) atoms. The molecule has 110 valence electrons. The number of aryl methyl sites for hydroxylation is 1. The van der Waals surface area contributed by atoms with E-state index in [2.05, 4.69) is 5.32 Å². The number of benzene rings is 1. The highest BCUT2D eigenvalue weighted by atomic mass is 19.1. The third kappa shape index (κ3) is 2.91. The Kier molecular flexibility index (Phi) is 4.25. The van der Waals surface area contributed by atoms with E-state index in [0.717, 1.165) is 0 Å². The number of carbonyl (C=O) groups excluding carboxylic acids is 1. The lowest BCUT2D eigenvalue weighted by Crippen LogP contribution is -2.54. The van der Waals surface area contributed by atoms with E-state index < -0.39 is 17.3 Å². The van der Waals surface area contributed by atoms with E-state index in [1.54, 1.807) is 6.92 Å².